The second-order valence-electron chi connectivity index (χ2n) is 3.18. The first-order chi connectivity index (χ1) is 7.24. The highest BCUT2D eigenvalue weighted by Gasteiger charge is 2.11. The molecule has 2 nitrogen and oxygen atoms in total. The Balaban J connectivity index is 2.53. The number of thiophene rings is 1. The maximum atomic E-state index is 4.36. The summed E-state index contributed by atoms with van der Waals surface area (Å²) in [5, 5.41) is 3.35. The van der Waals surface area contributed by atoms with Gasteiger partial charge in [0.25, 0.3) is 0 Å². The van der Waals surface area contributed by atoms with Crippen LogP contribution < -0.4 is 0 Å². The van der Waals surface area contributed by atoms with Gasteiger partial charge in [0.1, 0.15) is 16.2 Å². The maximum absolute atomic E-state index is 4.36. The largest absolute Gasteiger partial charge is 0.229 e. The topological polar surface area (TPSA) is 25.8 Å². The fourth-order valence-electron chi connectivity index (χ4n) is 1.39. The van der Waals surface area contributed by atoms with E-state index in [0.717, 1.165) is 20.9 Å². The zero-order chi connectivity index (χ0) is 10.8. The summed E-state index contributed by atoms with van der Waals surface area (Å²) in [5.74, 6) is 1.04. The fourth-order valence-corrected chi connectivity index (χ4v) is 3.73. The molecule has 2 aromatic heterocycles. The molecule has 0 amide bonds. The second kappa shape index (κ2) is 4.80. The summed E-state index contributed by atoms with van der Waals surface area (Å²) >= 11 is 6.97. The zero-order valence-corrected chi connectivity index (χ0v) is 11.8. The van der Waals surface area contributed by atoms with E-state index in [1.807, 2.05) is 0 Å². The molecule has 80 valence electrons. The van der Waals surface area contributed by atoms with Crippen molar-refractivity contribution in [2.75, 3.05) is 11.1 Å². The molecule has 0 fully saturated rings. The van der Waals surface area contributed by atoms with Crippen LogP contribution in [0.5, 0.6) is 0 Å². The molecular formula is C10H11BrN2S2. The van der Waals surface area contributed by atoms with Crippen LogP contribution in [-0.2, 0) is 0 Å². The molecule has 0 N–H and O–H groups in total. The highest BCUT2D eigenvalue weighted by Crippen LogP contribution is 2.34. The molecule has 0 aliphatic carbocycles. The van der Waals surface area contributed by atoms with Gasteiger partial charge in [-0.3, -0.25) is 0 Å². The SMILES string of the molecule is Cc1sc2ncnc(SCCBr)c2c1C. The Morgan fingerprint density at radius 1 is 1.40 bits per heavy atom. The third-order valence-corrected chi connectivity index (χ3v) is 5.27. The van der Waals surface area contributed by atoms with Crippen molar-refractivity contribution in [3.05, 3.63) is 16.8 Å². The Morgan fingerprint density at radius 2 is 2.20 bits per heavy atom. The summed E-state index contributed by atoms with van der Waals surface area (Å²) < 4.78 is 0. The third-order valence-electron chi connectivity index (χ3n) is 2.25. The van der Waals surface area contributed by atoms with Gasteiger partial charge in [0.2, 0.25) is 0 Å². The Bertz CT molecular complexity index is 481. The molecule has 0 aliphatic heterocycles. The van der Waals surface area contributed by atoms with Crippen molar-refractivity contribution in [3.63, 3.8) is 0 Å². The molecule has 5 heteroatoms. The number of alkyl halides is 1. The minimum absolute atomic E-state index is 0.991. The number of aryl methyl sites for hydroxylation is 2. The van der Waals surface area contributed by atoms with Crippen LogP contribution in [0.3, 0.4) is 0 Å². The van der Waals surface area contributed by atoms with Crippen LogP contribution in [0.1, 0.15) is 10.4 Å². The first-order valence-corrected chi connectivity index (χ1v) is 7.56. The summed E-state index contributed by atoms with van der Waals surface area (Å²) in [6.45, 7) is 4.29. The monoisotopic (exact) mass is 302 g/mol. The maximum Gasteiger partial charge on any atom is 0.128 e. The number of halogens is 1. The first kappa shape index (κ1) is 11.4. The lowest BCUT2D eigenvalue weighted by molar-refractivity contribution is 1.10. The number of fused-ring (bicyclic) bond motifs is 1. The van der Waals surface area contributed by atoms with Crippen LogP contribution in [0.2, 0.25) is 0 Å². The van der Waals surface area contributed by atoms with E-state index in [9.17, 15) is 0 Å². The summed E-state index contributed by atoms with van der Waals surface area (Å²) in [4.78, 5) is 11.1. The van der Waals surface area contributed by atoms with Crippen molar-refractivity contribution in [2.45, 2.75) is 18.9 Å². The molecule has 0 atom stereocenters. The van der Waals surface area contributed by atoms with Crippen LogP contribution in [0.25, 0.3) is 10.2 Å². The highest BCUT2D eigenvalue weighted by molar-refractivity contribution is 9.09. The lowest BCUT2D eigenvalue weighted by atomic mass is 10.2. The average Bonchev–Trinajstić information content (AvgIpc) is 2.53. The van der Waals surface area contributed by atoms with Crippen LogP contribution in [0.4, 0.5) is 0 Å². The van der Waals surface area contributed by atoms with Crippen LogP contribution in [0.15, 0.2) is 11.4 Å². The Labute approximate surface area is 106 Å². The predicted molar refractivity (Wildman–Crippen MR) is 71.4 cm³/mol. The quantitative estimate of drug-likeness (QED) is 0.490. The number of hydrogen-bond acceptors (Lipinski definition) is 4. The molecule has 0 unspecified atom stereocenters. The Kier molecular flexibility index (Phi) is 3.64. The van der Waals surface area contributed by atoms with Crippen LogP contribution in [-0.4, -0.2) is 21.1 Å². The van der Waals surface area contributed by atoms with Gasteiger partial charge in [-0.2, -0.15) is 0 Å². The summed E-state index contributed by atoms with van der Waals surface area (Å²) in [7, 11) is 0. The lowest BCUT2D eigenvalue weighted by Crippen LogP contribution is -1.87. The lowest BCUT2D eigenvalue weighted by Gasteiger charge is -2.00. The van der Waals surface area contributed by atoms with Gasteiger partial charge in [-0.05, 0) is 19.4 Å². The highest BCUT2D eigenvalue weighted by atomic mass is 79.9. The number of rotatable bonds is 3. The van der Waals surface area contributed by atoms with E-state index in [-0.39, 0.29) is 0 Å². The van der Waals surface area contributed by atoms with Crippen molar-refractivity contribution >= 4 is 49.2 Å². The van der Waals surface area contributed by atoms with Gasteiger partial charge in [-0.25, -0.2) is 9.97 Å². The summed E-state index contributed by atoms with van der Waals surface area (Å²) in [6, 6.07) is 0. The van der Waals surface area contributed by atoms with Crippen molar-refractivity contribution in [1.82, 2.24) is 9.97 Å². The molecule has 2 heterocycles. The number of aromatic nitrogens is 2. The van der Waals surface area contributed by atoms with Gasteiger partial charge in [-0.1, -0.05) is 15.9 Å². The van der Waals surface area contributed by atoms with E-state index in [0.29, 0.717) is 0 Å². The molecule has 0 saturated carbocycles. The fraction of sp³-hybridized carbons (Fsp3) is 0.400. The Morgan fingerprint density at radius 3 is 2.93 bits per heavy atom. The van der Waals surface area contributed by atoms with Crippen molar-refractivity contribution in [3.8, 4) is 0 Å². The van der Waals surface area contributed by atoms with Crippen LogP contribution >= 0.6 is 39.0 Å². The van der Waals surface area contributed by atoms with Crippen molar-refractivity contribution in [2.24, 2.45) is 0 Å². The van der Waals surface area contributed by atoms with E-state index in [4.69, 9.17) is 0 Å². The number of thioether (sulfide) groups is 1. The predicted octanol–water partition coefficient (Wildman–Crippen LogP) is 3.80. The van der Waals surface area contributed by atoms with Gasteiger partial charge in [0.05, 0.1) is 0 Å². The van der Waals surface area contributed by atoms with E-state index in [2.05, 4.69) is 39.7 Å². The minimum Gasteiger partial charge on any atom is -0.229 e. The van der Waals surface area contributed by atoms with E-state index in [1.54, 1.807) is 29.4 Å². The second-order valence-corrected chi connectivity index (χ2v) is 6.26. The van der Waals surface area contributed by atoms with Gasteiger partial charge < -0.3 is 0 Å². The van der Waals surface area contributed by atoms with Crippen molar-refractivity contribution in [1.29, 1.82) is 0 Å². The van der Waals surface area contributed by atoms with E-state index in [1.165, 1.54) is 15.8 Å². The summed E-state index contributed by atoms with van der Waals surface area (Å²) in [6.07, 6.45) is 1.66. The molecule has 2 aromatic rings. The van der Waals surface area contributed by atoms with Crippen molar-refractivity contribution < 1.29 is 0 Å². The molecular weight excluding hydrogens is 292 g/mol. The van der Waals surface area contributed by atoms with Crippen LogP contribution in [0, 0.1) is 13.8 Å². The molecule has 0 aromatic carbocycles. The molecule has 2 rings (SSSR count). The molecule has 0 saturated heterocycles. The van der Waals surface area contributed by atoms with Gasteiger partial charge in [0, 0.05) is 21.3 Å². The average molecular weight is 303 g/mol. The molecule has 0 bridgehead atoms. The standard InChI is InChI=1S/C10H11BrN2S2/c1-6-7(2)15-10-8(6)9(12-5-13-10)14-4-3-11/h5H,3-4H2,1-2H3. The molecule has 0 spiro atoms. The minimum atomic E-state index is 0.991. The molecule has 0 radical (unpaired) electrons. The normalized spacial score (nSPS) is 11.1. The third kappa shape index (κ3) is 2.19. The smallest absolute Gasteiger partial charge is 0.128 e. The van der Waals surface area contributed by atoms with E-state index >= 15 is 0 Å². The number of hydrogen-bond donors (Lipinski definition) is 0. The van der Waals surface area contributed by atoms with Gasteiger partial charge in [0.15, 0.2) is 0 Å². The first-order valence-electron chi connectivity index (χ1n) is 4.63. The van der Waals surface area contributed by atoms with Gasteiger partial charge in [-0.15, -0.1) is 23.1 Å². The van der Waals surface area contributed by atoms with Gasteiger partial charge >= 0.3 is 0 Å². The number of nitrogens with zero attached hydrogens (tertiary/aromatic N) is 2. The Hall–Kier alpha value is -0.130. The summed E-state index contributed by atoms with van der Waals surface area (Å²) in [5.41, 5.74) is 1.33. The molecule has 0 aliphatic rings. The molecule has 15 heavy (non-hydrogen) atoms. The zero-order valence-electron chi connectivity index (χ0n) is 8.58. The van der Waals surface area contributed by atoms with E-state index < -0.39 is 0 Å².